The van der Waals surface area contributed by atoms with Gasteiger partial charge in [0.1, 0.15) is 28.6 Å². The molecule has 1 aliphatic carbocycles. The average Bonchev–Trinajstić information content (AvgIpc) is 3.32. The van der Waals surface area contributed by atoms with E-state index in [2.05, 4.69) is 6.58 Å². The molecule has 7 nitrogen and oxygen atoms in total. The van der Waals surface area contributed by atoms with Crippen LogP contribution in [-0.2, 0) is 11.2 Å². The largest absolute Gasteiger partial charge is 0.497 e. The molecule has 36 heavy (non-hydrogen) atoms. The fourth-order valence-electron chi connectivity index (χ4n) is 5.28. The van der Waals surface area contributed by atoms with E-state index in [-0.39, 0.29) is 42.5 Å². The molecule has 194 valence electrons. The Hall–Kier alpha value is -2.21. The molecule has 0 radical (unpaired) electrons. The molecule has 0 amide bonds. The minimum absolute atomic E-state index is 0. The number of rotatable bonds is 7. The molecule has 4 rings (SSSR count). The SMILES string of the molecule is C=C/C(=C\C=C/C)C1CCC2(O)c3c(OC)cc(OC)cc3OC12c1ccc(OC)cc1.CO.O.[U]. The Balaban J connectivity index is 0.00000158. The summed E-state index contributed by atoms with van der Waals surface area (Å²) in [6.45, 7) is 6.03. The minimum atomic E-state index is -1.29. The van der Waals surface area contributed by atoms with Crippen molar-refractivity contribution in [1.82, 2.24) is 0 Å². The summed E-state index contributed by atoms with van der Waals surface area (Å²) >= 11 is 0. The number of benzene rings is 2. The smallest absolute Gasteiger partial charge is 0.174 e. The fourth-order valence-corrected chi connectivity index (χ4v) is 5.28. The Morgan fingerprint density at radius 3 is 2.22 bits per heavy atom. The van der Waals surface area contributed by atoms with Crippen molar-refractivity contribution in [2.24, 2.45) is 5.92 Å². The molecule has 2 aliphatic rings. The van der Waals surface area contributed by atoms with Crippen molar-refractivity contribution in [3.63, 3.8) is 0 Å². The van der Waals surface area contributed by atoms with Crippen LogP contribution < -0.4 is 18.9 Å². The molecule has 0 bridgehead atoms. The minimum Gasteiger partial charge on any atom is -0.497 e. The van der Waals surface area contributed by atoms with E-state index in [1.807, 2.05) is 61.6 Å². The predicted octanol–water partition coefficient (Wildman–Crippen LogP) is 4.07. The van der Waals surface area contributed by atoms with E-state index in [9.17, 15) is 5.11 Å². The summed E-state index contributed by atoms with van der Waals surface area (Å²) in [5, 5.41) is 19.4. The number of fused-ring (bicyclic) bond motifs is 3. The van der Waals surface area contributed by atoms with Gasteiger partial charge in [0.15, 0.2) is 5.60 Å². The first kappa shape index (κ1) is 31.8. The van der Waals surface area contributed by atoms with Crippen molar-refractivity contribution in [3.05, 3.63) is 84.0 Å². The van der Waals surface area contributed by atoms with E-state index < -0.39 is 11.2 Å². The van der Waals surface area contributed by atoms with Gasteiger partial charge in [0.25, 0.3) is 0 Å². The molecule has 1 saturated carbocycles. The van der Waals surface area contributed by atoms with Gasteiger partial charge in [0.05, 0.1) is 26.9 Å². The van der Waals surface area contributed by atoms with Crippen molar-refractivity contribution in [2.45, 2.75) is 31.0 Å². The molecular formula is C28H36O7U. The van der Waals surface area contributed by atoms with Crippen molar-refractivity contribution < 1.29 is 65.7 Å². The summed E-state index contributed by atoms with van der Waals surface area (Å²) in [4.78, 5) is 0. The molecule has 2 aromatic carbocycles. The van der Waals surface area contributed by atoms with Crippen LogP contribution in [0, 0.1) is 37.0 Å². The summed E-state index contributed by atoms with van der Waals surface area (Å²) in [7, 11) is 5.83. The summed E-state index contributed by atoms with van der Waals surface area (Å²) in [6, 6.07) is 11.3. The molecule has 8 heteroatoms. The quantitative estimate of drug-likeness (QED) is 0.418. The normalized spacial score (nSPS) is 23.6. The van der Waals surface area contributed by atoms with Crippen molar-refractivity contribution >= 4 is 0 Å². The van der Waals surface area contributed by atoms with Crippen LogP contribution in [-0.4, -0.2) is 44.1 Å². The second kappa shape index (κ2) is 13.4. The molecule has 1 fully saturated rings. The Bertz CT molecular complexity index is 1080. The first-order valence-corrected chi connectivity index (χ1v) is 11.2. The van der Waals surface area contributed by atoms with E-state index in [0.29, 0.717) is 29.2 Å². The number of ether oxygens (including phenoxy) is 4. The molecule has 3 unspecified atom stereocenters. The topological polar surface area (TPSA) is 109 Å². The summed E-state index contributed by atoms with van der Waals surface area (Å²) < 4.78 is 23.3. The standard InChI is InChI=1S/C27H30O5.CH4O.H2O.U/c1-6-8-9-18(7-2)22-14-15-26(28)25-23(31-5)16-21(30-4)17-24(25)32-27(22,26)19-10-12-20(29-3)13-11-19;1-2;;/h6-13,16-17,22,28H,2,14-15H2,1,3-5H3;2H,1H3;1H2;/b8-6-,18-9+;;;. The predicted molar refractivity (Wildman–Crippen MR) is 136 cm³/mol. The van der Waals surface area contributed by atoms with Crippen LogP contribution in [0.3, 0.4) is 0 Å². The van der Waals surface area contributed by atoms with Gasteiger partial charge in [-0.1, -0.05) is 43.0 Å². The summed E-state index contributed by atoms with van der Waals surface area (Å²) in [5.41, 5.74) is 0.191. The molecule has 2 aromatic rings. The Kier molecular flexibility index (Phi) is 11.8. The van der Waals surface area contributed by atoms with Crippen LogP contribution in [0.4, 0.5) is 0 Å². The zero-order valence-electron chi connectivity index (χ0n) is 21.5. The van der Waals surface area contributed by atoms with E-state index in [4.69, 9.17) is 24.1 Å². The van der Waals surface area contributed by atoms with Crippen molar-refractivity contribution in [1.29, 1.82) is 0 Å². The molecule has 0 saturated heterocycles. The number of allylic oxidation sites excluding steroid dienone is 4. The zero-order valence-corrected chi connectivity index (χ0v) is 25.7. The monoisotopic (exact) mass is 722 g/mol. The van der Waals surface area contributed by atoms with E-state index in [1.54, 1.807) is 27.4 Å². The van der Waals surface area contributed by atoms with E-state index in [0.717, 1.165) is 30.4 Å². The van der Waals surface area contributed by atoms with E-state index >= 15 is 0 Å². The maximum atomic E-state index is 12.4. The van der Waals surface area contributed by atoms with Gasteiger partial charge in [0.2, 0.25) is 0 Å². The second-order valence-electron chi connectivity index (χ2n) is 8.12. The van der Waals surface area contributed by atoms with Crippen LogP contribution in [0.25, 0.3) is 0 Å². The number of hydrogen-bond acceptors (Lipinski definition) is 6. The number of aliphatic hydroxyl groups is 2. The third kappa shape index (κ3) is 4.98. The molecule has 1 aliphatic heterocycles. The first-order valence-electron chi connectivity index (χ1n) is 11.2. The summed E-state index contributed by atoms with van der Waals surface area (Å²) in [5.74, 6) is 2.34. The van der Waals surface area contributed by atoms with Gasteiger partial charge in [-0.25, -0.2) is 0 Å². The van der Waals surface area contributed by atoms with Gasteiger partial charge in [-0.15, -0.1) is 0 Å². The van der Waals surface area contributed by atoms with Crippen LogP contribution in [0.5, 0.6) is 23.0 Å². The molecule has 4 N–H and O–H groups in total. The Morgan fingerprint density at radius 1 is 1.06 bits per heavy atom. The maximum Gasteiger partial charge on any atom is 0.174 e. The Labute approximate surface area is 237 Å². The van der Waals surface area contributed by atoms with Gasteiger partial charge >= 0.3 is 0 Å². The Morgan fingerprint density at radius 2 is 1.69 bits per heavy atom. The van der Waals surface area contributed by atoms with Crippen molar-refractivity contribution in [3.8, 4) is 23.0 Å². The van der Waals surface area contributed by atoms with Crippen LogP contribution >= 0.6 is 0 Å². The zero-order chi connectivity index (χ0) is 24.9. The number of aliphatic hydroxyl groups excluding tert-OH is 1. The summed E-state index contributed by atoms with van der Waals surface area (Å²) in [6.07, 6.45) is 9.10. The molecule has 0 aromatic heterocycles. The fraction of sp³-hybridized carbons (Fsp3) is 0.357. The molecule has 3 atom stereocenters. The van der Waals surface area contributed by atoms with Crippen molar-refractivity contribution in [2.75, 3.05) is 28.4 Å². The maximum absolute atomic E-state index is 12.4. The average molecular weight is 723 g/mol. The second-order valence-corrected chi connectivity index (χ2v) is 8.12. The third-order valence-electron chi connectivity index (χ3n) is 6.72. The number of hydrogen-bond donors (Lipinski definition) is 2. The van der Waals surface area contributed by atoms with Crippen LogP contribution in [0.15, 0.2) is 72.9 Å². The van der Waals surface area contributed by atoms with Crippen LogP contribution in [0.1, 0.15) is 30.9 Å². The number of methoxy groups -OCH3 is 3. The van der Waals surface area contributed by atoms with Gasteiger partial charge in [-0.3, -0.25) is 0 Å². The molecule has 0 spiro atoms. The van der Waals surface area contributed by atoms with Gasteiger partial charge in [-0.05, 0) is 43.0 Å². The third-order valence-corrected chi connectivity index (χ3v) is 6.72. The first-order chi connectivity index (χ1) is 16.5. The van der Waals surface area contributed by atoms with Gasteiger partial charge in [-0.2, -0.15) is 0 Å². The molecular weight excluding hydrogens is 686 g/mol. The molecule has 1 heterocycles. The van der Waals surface area contributed by atoms with E-state index in [1.165, 1.54) is 0 Å². The van der Waals surface area contributed by atoms with Crippen LogP contribution in [0.2, 0.25) is 0 Å². The van der Waals surface area contributed by atoms with Gasteiger partial charge in [0, 0.05) is 56.3 Å². The van der Waals surface area contributed by atoms with Gasteiger partial charge < -0.3 is 34.6 Å².